The van der Waals surface area contributed by atoms with Crippen LogP contribution in [0.25, 0.3) is 22.3 Å². The molecule has 178 valence electrons. The monoisotopic (exact) mass is 471 g/mol. The van der Waals surface area contributed by atoms with E-state index in [0.29, 0.717) is 34.7 Å². The molecule has 11 heteroatoms. The number of fused-ring (bicyclic) bond motifs is 3. The number of ether oxygens (including phenoxy) is 1. The molecule has 3 aromatic heterocycles. The van der Waals surface area contributed by atoms with Crippen LogP contribution in [0.15, 0.2) is 43.0 Å². The Labute approximate surface area is 201 Å². The van der Waals surface area contributed by atoms with Crippen LogP contribution < -0.4 is 21.3 Å². The number of anilines is 4. The topological polar surface area (TPSA) is 136 Å². The summed E-state index contributed by atoms with van der Waals surface area (Å²) in [6.07, 6.45) is 6.51. The fraction of sp³-hybridized carbons (Fsp3) is 0.292. The second-order valence-electron chi connectivity index (χ2n) is 8.81. The zero-order chi connectivity index (χ0) is 24.1. The number of morpholine rings is 1. The molecule has 0 radical (unpaired) electrons. The van der Waals surface area contributed by atoms with Crippen LogP contribution in [0.2, 0.25) is 0 Å². The zero-order valence-corrected chi connectivity index (χ0v) is 19.4. The van der Waals surface area contributed by atoms with Gasteiger partial charge in [0.2, 0.25) is 0 Å². The molecule has 2 fully saturated rings. The number of hydrogen-bond donors (Lipinski definition) is 3. The molecule has 4 aromatic rings. The van der Waals surface area contributed by atoms with Gasteiger partial charge in [-0.25, -0.2) is 15.0 Å². The summed E-state index contributed by atoms with van der Waals surface area (Å²) in [5.74, 6) is 0.0602. The van der Waals surface area contributed by atoms with E-state index >= 15 is 0 Å². The minimum atomic E-state index is -0.685. The summed E-state index contributed by atoms with van der Waals surface area (Å²) in [6.45, 7) is 1.70. The second kappa shape index (κ2) is 8.20. The maximum Gasteiger partial charge on any atom is 0.271 e. The smallest absolute Gasteiger partial charge is 0.271 e. The fourth-order valence-electron chi connectivity index (χ4n) is 4.86. The summed E-state index contributed by atoms with van der Waals surface area (Å²) < 4.78 is 7.57. The quantitative estimate of drug-likeness (QED) is 0.387. The third kappa shape index (κ3) is 3.60. The molecule has 2 saturated heterocycles. The Morgan fingerprint density at radius 1 is 1.17 bits per heavy atom. The van der Waals surface area contributed by atoms with Crippen molar-refractivity contribution in [2.24, 2.45) is 12.8 Å². The first-order valence-electron chi connectivity index (χ1n) is 11.4. The van der Waals surface area contributed by atoms with Crippen LogP contribution in [-0.2, 0) is 11.8 Å². The lowest BCUT2D eigenvalue weighted by molar-refractivity contribution is 0.0990. The number of amides is 1. The van der Waals surface area contributed by atoms with Crippen LogP contribution in [0.3, 0.4) is 0 Å². The molecule has 2 aliphatic rings. The Morgan fingerprint density at radius 3 is 2.69 bits per heavy atom. The summed E-state index contributed by atoms with van der Waals surface area (Å²) in [4.78, 5) is 32.8. The van der Waals surface area contributed by atoms with Crippen LogP contribution >= 0.6 is 0 Å². The van der Waals surface area contributed by atoms with E-state index in [2.05, 4.69) is 47.6 Å². The summed E-state index contributed by atoms with van der Waals surface area (Å²) >= 11 is 0. The molecule has 35 heavy (non-hydrogen) atoms. The van der Waals surface area contributed by atoms with Crippen molar-refractivity contribution in [3.8, 4) is 11.3 Å². The Kier molecular flexibility index (Phi) is 4.99. The number of carbonyl (C=O) groups excluding carboxylic acids is 1. The Morgan fingerprint density at radius 2 is 2.00 bits per heavy atom. The molecule has 2 bridgehead atoms. The molecule has 2 aliphatic heterocycles. The summed E-state index contributed by atoms with van der Waals surface area (Å²) in [5.41, 5.74) is 10.3. The molecular formula is C24H25N9O2. The third-order valence-corrected chi connectivity index (χ3v) is 6.62. The average molecular weight is 472 g/mol. The number of aryl methyl sites for hydroxylation is 1. The van der Waals surface area contributed by atoms with Crippen LogP contribution in [-0.4, -0.2) is 62.8 Å². The standard InChI is InChI=1S/C24H25N9O2/c1-26-23-20(17-8-27-9-18-19(17)28-12-32(18)2)30-21(22(25)34)24(31-23)29-13-3-5-14(6-4-13)33-10-16-7-15(33)11-35-16/h3-6,8-9,12,15-16H,7,10-11H2,1-2H3,(H2,25,34)(H2,26,29,31)/t15-,16-/m1/s1. The highest BCUT2D eigenvalue weighted by atomic mass is 16.5. The highest BCUT2D eigenvalue weighted by molar-refractivity contribution is 5.99. The molecule has 0 spiro atoms. The maximum absolute atomic E-state index is 12.4. The van der Waals surface area contributed by atoms with Crippen molar-refractivity contribution in [3.05, 3.63) is 48.7 Å². The number of primary amides is 1. The molecule has 5 heterocycles. The first kappa shape index (κ1) is 21.3. The largest absolute Gasteiger partial charge is 0.374 e. The Bertz CT molecular complexity index is 1430. The number of nitrogens with zero attached hydrogens (tertiary/aromatic N) is 6. The van der Waals surface area contributed by atoms with E-state index in [9.17, 15) is 4.79 Å². The molecule has 0 aliphatic carbocycles. The highest BCUT2D eigenvalue weighted by Crippen LogP contribution is 2.34. The van der Waals surface area contributed by atoms with E-state index < -0.39 is 5.91 Å². The van der Waals surface area contributed by atoms with Gasteiger partial charge in [-0.3, -0.25) is 9.78 Å². The minimum Gasteiger partial charge on any atom is -0.374 e. The number of benzene rings is 1. The number of rotatable bonds is 6. The lowest BCUT2D eigenvalue weighted by Gasteiger charge is -2.29. The second-order valence-corrected chi connectivity index (χ2v) is 8.81. The van der Waals surface area contributed by atoms with Crippen molar-refractivity contribution >= 4 is 40.0 Å². The van der Waals surface area contributed by atoms with E-state index in [-0.39, 0.29) is 11.5 Å². The van der Waals surface area contributed by atoms with Gasteiger partial charge in [-0.1, -0.05) is 0 Å². The van der Waals surface area contributed by atoms with E-state index in [1.54, 1.807) is 25.8 Å². The predicted molar refractivity (Wildman–Crippen MR) is 133 cm³/mol. The molecular weight excluding hydrogens is 446 g/mol. The normalized spacial score (nSPS) is 18.9. The van der Waals surface area contributed by atoms with Crippen molar-refractivity contribution in [2.45, 2.75) is 18.6 Å². The number of carbonyl (C=O) groups is 1. The lowest BCUT2D eigenvalue weighted by atomic mass is 10.1. The first-order chi connectivity index (χ1) is 17.0. The summed E-state index contributed by atoms with van der Waals surface area (Å²) in [6, 6.07) is 8.47. The molecule has 1 aromatic carbocycles. The van der Waals surface area contributed by atoms with Crippen LogP contribution in [0, 0.1) is 0 Å². The van der Waals surface area contributed by atoms with Crippen molar-refractivity contribution in [1.29, 1.82) is 0 Å². The Hall–Kier alpha value is -4.25. The van der Waals surface area contributed by atoms with E-state index in [0.717, 1.165) is 36.5 Å². The first-order valence-corrected chi connectivity index (χ1v) is 11.4. The molecule has 0 saturated carbocycles. The highest BCUT2D eigenvalue weighted by Gasteiger charge is 2.38. The van der Waals surface area contributed by atoms with Crippen molar-refractivity contribution < 1.29 is 9.53 Å². The number of pyridine rings is 1. The van der Waals surface area contributed by atoms with Gasteiger partial charge in [-0.05, 0) is 30.7 Å². The number of aromatic nitrogens is 5. The molecule has 1 amide bonds. The van der Waals surface area contributed by atoms with Gasteiger partial charge >= 0.3 is 0 Å². The van der Waals surface area contributed by atoms with Gasteiger partial charge in [0, 0.05) is 38.2 Å². The summed E-state index contributed by atoms with van der Waals surface area (Å²) in [7, 11) is 3.64. The third-order valence-electron chi connectivity index (χ3n) is 6.62. The number of nitrogens with one attached hydrogen (secondary N) is 2. The molecule has 11 nitrogen and oxygen atoms in total. The lowest BCUT2D eigenvalue weighted by Crippen LogP contribution is -2.36. The maximum atomic E-state index is 12.4. The number of nitrogens with two attached hydrogens (primary N) is 1. The van der Waals surface area contributed by atoms with E-state index in [1.165, 1.54) is 0 Å². The fourth-order valence-corrected chi connectivity index (χ4v) is 4.86. The molecule has 2 atom stereocenters. The van der Waals surface area contributed by atoms with Crippen molar-refractivity contribution in [1.82, 2.24) is 24.5 Å². The van der Waals surface area contributed by atoms with Gasteiger partial charge in [0.15, 0.2) is 17.3 Å². The van der Waals surface area contributed by atoms with Gasteiger partial charge in [-0.15, -0.1) is 0 Å². The van der Waals surface area contributed by atoms with Crippen molar-refractivity contribution in [3.63, 3.8) is 0 Å². The van der Waals surface area contributed by atoms with Crippen molar-refractivity contribution in [2.75, 3.05) is 35.7 Å². The number of imidazole rings is 1. The zero-order valence-electron chi connectivity index (χ0n) is 19.4. The van der Waals surface area contributed by atoms with Crippen LogP contribution in [0.5, 0.6) is 0 Å². The van der Waals surface area contributed by atoms with Gasteiger partial charge < -0.3 is 30.6 Å². The molecule has 4 N–H and O–H groups in total. The van der Waals surface area contributed by atoms with Crippen LogP contribution in [0.1, 0.15) is 16.9 Å². The van der Waals surface area contributed by atoms with E-state index in [1.807, 2.05) is 23.7 Å². The summed E-state index contributed by atoms with van der Waals surface area (Å²) in [5, 5.41) is 6.28. The van der Waals surface area contributed by atoms with E-state index in [4.69, 9.17) is 10.5 Å². The minimum absolute atomic E-state index is 0.0324. The SMILES string of the molecule is CNc1nc(Nc2ccc(N3C[C@H]4C[C@@H]3CO4)cc2)c(C(N)=O)nc1-c1cncc2c1ncn2C. The average Bonchev–Trinajstić information content (AvgIpc) is 3.60. The Balaban J connectivity index is 1.35. The van der Waals surface area contributed by atoms with Crippen LogP contribution in [0.4, 0.5) is 23.0 Å². The van der Waals surface area contributed by atoms with Gasteiger partial charge in [-0.2, -0.15) is 0 Å². The predicted octanol–water partition coefficient (Wildman–Crippen LogP) is 2.29. The number of hydrogen-bond acceptors (Lipinski definition) is 9. The van der Waals surface area contributed by atoms with Gasteiger partial charge in [0.05, 0.1) is 42.4 Å². The molecule has 0 unspecified atom stereocenters. The molecule has 6 rings (SSSR count). The van der Waals surface area contributed by atoms with Gasteiger partial charge in [0.25, 0.3) is 5.91 Å². The van der Waals surface area contributed by atoms with Gasteiger partial charge in [0.1, 0.15) is 11.2 Å².